The molecule has 0 unspecified atom stereocenters. The Morgan fingerprint density at radius 1 is 1.09 bits per heavy atom. The van der Waals surface area contributed by atoms with Gasteiger partial charge in [0.1, 0.15) is 5.69 Å². The summed E-state index contributed by atoms with van der Waals surface area (Å²) in [6.07, 6.45) is 3.59. The highest BCUT2D eigenvalue weighted by Gasteiger charge is 2.29. The van der Waals surface area contributed by atoms with Crippen LogP contribution in [0.1, 0.15) is 40.6 Å². The fourth-order valence-corrected chi connectivity index (χ4v) is 4.09. The number of hydrogen-bond acceptors (Lipinski definition) is 4. The van der Waals surface area contributed by atoms with Crippen molar-refractivity contribution in [2.45, 2.75) is 24.8 Å². The number of nitrogens with one attached hydrogen (secondary N) is 1. The summed E-state index contributed by atoms with van der Waals surface area (Å²) in [7, 11) is 0. The van der Waals surface area contributed by atoms with E-state index in [0.29, 0.717) is 33.6 Å². The molecule has 4 rings (SSSR count). The molecule has 33 heavy (non-hydrogen) atoms. The summed E-state index contributed by atoms with van der Waals surface area (Å²) in [5.74, 6) is -0.709. The van der Waals surface area contributed by atoms with Crippen LogP contribution in [0.15, 0.2) is 78.0 Å². The maximum Gasteiger partial charge on any atom is 0.338 e. The van der Waals surface area contributed by atoms with E-state index in [-0.39, 0.29) is 11.9 Å². The fraction of sp³-hybridized carbons (Fsp3) is 0.160. The van der Waals surface area contributed by atoms with Crippen LogP contribution in [0.25, 0.3) is 11.3 Å². The quantitative estimate of drug-likeness (QED) is 0.162. The van der Waals surface area contributed by atoms with Crippen LogP contribution in [0.4, 0.5) is 5.69 Å². The Morgan fingerprint density at radius 2 is 1.88 bits per heavy atom. The molecule has 2 aromatic carbocycles. The van der Waals surface area contributed by atoms with Gasteiger partial charge in [-0.05, 0) is 48.9 Å². The first-order valence-corrected chi connectivity index (χ1v) is 11.4. The number of nitrogens with zero attached hydrogens (tertiary/aromatic N) is 2. The molecule has 2 heterocycles. The number of unbranched alkanes of at least 4 members (excludes halogenated alkanes) is 1. The van der Waals surface area contributed by atoms with E-state index >= 15 is 0 Å². The van der Waals surface area contributed by atoms with Crippen LogP contribution < -0.4 is 9.72 Å². The van der Waals surface area contributed by atoms with Gasteiger partial charge in [0.25, 0.3) is 11.3 Å². The topological polar surface area (TPSA) is 64.4 Å². The summed E-state index contributed by atoms with van der Waals surface area (Å²) in [6, 6.07) is 19.6. The molecule has 4 aromatic rings. The van der Waals surface area contributed by atoms with Gasteiger partial charge >= 0.3 is 11.9 Å². The van der Waals surface area contributed by atoms with Crippen molar-refractivity contribution >= 4 is 47.4 Å². The number of thiol groups is 1. The predicted octanol–water partition coefficient (Wildman–Crippen LogP) is 5.37. The van der Waals surface area contributed by atoms with Gasteiger partial charge in [0.05, 0.1) is 18.4 Å². The van der Waals surface area contributed by atoms with Gasteiger partial charge in [-0.25, -0.2) is 4.79 Å². The second-order valence-corrected chi connectivity index (χ2v) is 8.30. The lowest BCUT2D eigenvalue weighted by Gasteiger charge is -2.06. The van der Waals surface area contributed by atoms with Gasteiger partial charge in [0.15, 0.2) is 0 Å². The zero-order valence-corrected chi connectivity index (χ0v) is 19.6. The molecule has 2 aromatic heterocycles. The number of imidazole rings is 1. The summed E-state index contributed by atoms with van der Waals surface area (Å²) < 4.78 is 8.86. The number of anilines is 1. The van der Waals surface area contributed by atoms with Crippen LogP contribution in [0.5, 0.6) is 0 Å². The number of fused-ring (bicyclic) bond motifs is 1. The number of esters is 1. The van der Waals surface area contributed by atoms with E-state index < -0.39 is 0 Å². The summed E-state index contributed by atoms with van der Waals surface area (Å²) in [6.45, 7) is 2.43. The van der Waals surface area contributed by atoms with Crippen molar-refractivity contribution in [2.24, 2.45) is 0 Å². The second-order valence-electron chi connectivity index (χ2n) is 7.44. The third-order valence-electron chi connectivity index (χ3n) is 5.12. The number of amides is 1. The van der Waals surface area contributed by atoms with Crippen molar-refractivity contribution in [1.29, 1.82) is 0 Å². The molecule has 0 spiro atoms. The van der Waals surface area contributed by atoms with E-state index in [4.69, 9.17) is 16.3 Å². The first-order chi connectivity index (χ1) is 16.0. The van der Waals surface area contributed by atoms with E-state index in [1.54, 1.807) is 40.9 Å². The molecule has 168 valence electrons. The van der Waals surface area contributed by atoms with Crippen molar-refractivity contribution < 1.29 is 18.7 Å². The van der Waals surface area contributed by atoms with Crippen molar-refractivity contribution in [3.8, 4) is 5.69 Å². The summed E-state index contributed by atoms with van der Waals surface area (Å²) in [5.41, 5.74) is 2.92. The summed E-state index contributed by atoms with van der Waals surface area (Å²) in [4.78, 5) is 25.3. The maximum absolute atomic E-state index is 13.2. The highest BCUT2D eigenvalue weighted by Crippen LogP contribution is 2.24. The molecule has 6 nitrogen and oxygen atoms in total. The van der Waals surface area contributed by atoms with Crippen LogP contribution in [-0.2, 0) is 4.74 Å². The summed E-state index contributed by atoms with van der Waals surface area (Å²) >= 11 is 10.9. The first-order valence-electron chi connectivity index (χ1n) is 10.6. The Hall–Kier alpha value is -3.29. The maximum atomic E-state index is 13.2. The molecule has 1 amide bonds. The van der Waals surface area contributed by atoms with Gasteiger partial charge in [0, 0.05) is 22.8 Å². The van der Waals surface area contributed by atoms with Crippen LogP contribution in [0.2, 0.25) is 5.02 Å². The minimum atomic E-state index is -0.376. The first kappa shape index (κ1) is 22.9. The Bertz CT molecular complexity index is 1320. The number of aromatic nitrogens is 2. The minimum Gasteiger partial charge on any atom is -0.462 e. The molecule has 0 aliphatic carbocycles. The van der Waals surface area contributed by atoms with Gasteiger partial charge in [-0.1, -0.05) is 49.7 Å². The number of carbonyl (C=O) groups excluding carboxylic acids is 2. The fourth-order valence-electron chi connectivity index (χ4n) is 3.48. The molecule has 0 aliphatic heterocycles. The van der Waals surface area contributed by atoms with E-state index in [9.17, 15) is 9.59 Å². The second kappa shape index (κ2) is 10.1. The largest absolute Gasteiger partial charge is 0.462 e. The van der Waals surface area contributed by atoms with Crippen molar-refractivity contribution in [2.75, 3.05) is 11.9 Å². The number of pyridine rings is 1. The van der Waals surface area contributed by atoms with E-state index in [0.717, 1.165) is 24.2 Å². The van der Waals surface area contributed by atoms with Gasteiger partial charge in [0.2, 0.25) is 5.03 Å². The highest BCUT2D eigenvalue weighted by atomic mass is 35.5. The Labute approximate surface area is 202 Å². The molecule has 0 aliphatic rings. The molecule has 0 radical (unpaired) electrons. The van der Waals surface area contributed by atoms with Gasteiger partial charge < -0.3 is 10.1 Å². The van der Waals surface area contributed by atoms with Crippen LogP contribution in [-0.4, -0.2) is 23.1 Å². The monoisotopic (exact) mass is 480 g/mol. The molecule has 1 N–H and O–H groups in total. The van der Waals surface area contributed by atoms with Crippen molar-refractivity contribution in [3.63, 3.8) is 0 Å². The lowest BCUT2D eigenvalue weighted by atomic mass is 10.2. The average Bonchev–Trinajstić information content (AvgIpc) is 3.11. The Morgan fingerprint density at radius 3 is 2.61 bits per heavy atom. The minimum absolute atomic E-state index is 0.333. The van der Waals surface area contributed by atoms with E-state index in [2.05, 4.69) is 17.9 Å². The molecule has 0 saturated heterocycles. The standard InChI is InChI=1S/C25H22ClN3O3S/c1-2-3-15-32-25(31)17-10-12-19(13-11-17)27-23(30)22-24(33)29(20-8-6-7-18(26)16-20)21-9-4-5-14-28(21)22/h4-14,16H,2-3,15H2,1H3,(H-,27,30,31,33)/p+1. The smallest absolute Gasteiger partial charge is 0.338 e. The number of rotatable bonds is 7. The Balaban J connectivity index is 1.62. The summed E-state index contributed by atoms with van der Waals surface area (Å²) in [5, 5.41) is 3.94. The molecular formula is C25H23ClN3O3S+. The SMILES string of the molecule is CCCCOC(=O)c1ccc(NC(=O)c2c(S)n(-c3cccc(Cl)c3)c3cccc[n+]23)cc1. The zero-order chi connectivity index (χ0) is 23.4. The van der Waals surface area contributed by atoms with Crippen LogP contribution in [0.3, 0.4) is 0 Å². The van der Waals surface area contributed by atoms with Crippen molar-refractivity contribution in [1.82, 2.24) is 4.57 Å². The average molecular weight is 481 g/mol. The van der Waals surface area contributed by atoms with E-state index in [1.807, 2.05) is 47.9 Å². The van der Waals surface area contributed by atoms with Crippen molar-refractivity contribution in [3.05, 3.63) is 89.2 Å². The zero-order valence-electron chi connectivity index (χ0n) is 18.0. The molecule has 0 fully saturated rings. The molecule has 0 bridgehead atoms. The predicted molar refractivity (Wildman–Crippen MR) is 131 cm³/mol. The number of benzene rings is 2. The van der Waals surface area contributed by atoms with E-state index in [1.165, 1.54) is 0 Å². The number of carbonyl (C=O) groups is 2. The highest BCUT2D eigenvalue weighted by molar-refractivity contribution is 7.80. The third kappa shape index (κ3) is 4.89. The number of hydrogen-bond donors (Lipinski definition) is 2. The lowest BCUT2D eigenvalue weighted by molar-refractivity contribution is -0.514. The van der Waals surface area contributed by atoms with Crippen LogP contribution in [0, 0.1) is 0 Å². The van der Waals surface area contributed by atoms with Crippen LogP contribution >= 0.6 is 24.2 Å². The molecular weight excluding hydrogens is 458 g/mol. The molecule has 0 saturated carbocycles. The van der Waals surface area contributed by atoms with Gasteiger partial charge in [-0.2, -0.15) is 8.97 Å². The lowest BCUT2D eigenvalue weighted by Crippen LogP contribution is -2.30. The molecule has 8 heteroatoms. The Kier molecular flexibility index (Phi) is 7.01. The van der Waals surface area contributed by atoms with Gasteiger partial charge in [-0.15, -0.1) is 0 Å². The normalized spacial score (nSPS) is 10.9. The van der Waals surface area contributed by atoms with Gasteiger partial charge in [-0.3, -0.25) is 4.79 Å². The number of halogens is 1. The number of ether oxygens (including phenoxy) is 1. The third-order valence-corrected chi connectivity index (χ3v) is 5.77. The molecule has 0 atom stereocenters.